The monoisotopic (exact) mass is 544 g/mol. The molecule has 9 heteroatoms. The van der Waals surface area contributed by atoms with Crippen LogP contribution in [0.4, 0.5) is 13.2 Å². The number of rotatable bonds is 13. The third kappa shape index (κ3) is 8.24. The average molecular weight is 545 g/mol. The first-order chi connectivity index (χ1) is 18.7. The van der Waals surface area contributed by atoms with Crippen LogP contribution >= 0.6 is 0 Å². The smallest absolute Gasteiger partial charge is 0.489 e. The molecule has 2 atom stereocenters. The molecule has 0 fully saturated rings. The maximum absolute atomic E-state index is 13.5. The zero-order chi connectivity index (χ0) is 28.3. The lowest BCUT2D eigenvalue weighted by Crippen LogP contribution is -2.59. The third-order valence-corrected chi connectivity index (χ3v) is 5.85. The zero-order valence-corrected chi connectivity index (χ0v) is 21.8. The molecule has 0 amide bonds. The van der Waals surface area contributed by atoms with Crippen LogP contribution in [-0.4, -0.2) is 36.4 Å². The standard InChI is InChI=1S/C30H31F3O6/c1-3-11-26(38-28(35)30(31,32)33)29(27(34)36-4-2,39-25-14-9-6-10-15-25)20-22-16-18-24(19-17-22)37-21-23-12-7-5-8-13-23/h5-10,12-19,26H,3-4,11,20-21H2,1-2H3. The van der Waals surface area contributed by atoms with Crippen LogP contribution in [0.25, 0.3) is 0 Å². The number of hydrogen-bond acceptors (Lipinski definition) is 6. The van der Waals surface area contributed by atoms with Gasteiger partial charge >= 0.3 is 18.1 Å². The van der Waals surface area contributed by atoms with Gasteiger partial charge in [-0.15, -0.1) is 0 Å². The summed E-state index contributed by atoms with van der Waals surface area (Å²) in [6.07, 6.45) is -6.84. The first kappa shape index (κ1) is 29.5. The summed E-state index contributed by atoms with van der Waals surface area (Å²) < 4.78 is 61.9. The SMILES string of the molecule is CCCC(OC(=O)C(F)(F)F)C(Cc1ccc(OCc2ccccc2)cc1)(Oc1ccccc1)C(=O)OCC. The Morgan fingerprint density at radius 3 is 1.95 bits per heavy atom. The molecule has 39 heavy (non-hydrogen) atoms. The molecule has 0 saturated carbocycles. The van der Waals surface area contributed by atoms with Gasteiger partial charge in [0, 0.05) is 6.42 Å². The Morgan fingerprint density at radius 1 is 0.769 bits per heavy atom. The molecule has 208 valence electrons. The van der Waals surface area contributed by atoms with Crippen LogP contribution in [0.5, 0.6) is 11.5 Å². The minimum Gasteiger partial charge on any atom is -0.489 e. The zero-order valence-electron chi connectivity index (χ0n) is 21.8. The van der Waals surface area contributed by atoms with Gasteiger partial charge in [0.25, 0.3) is 0 Å². The van der Waals surface area contributed by atoms with Gasteiger partial charge in [-0.05, 0) is 48.7 Å². The summed E-state index contributed by atoms with van der Waals surface area (Å²) in [5, 5.41) is 0. The molecule has 0 aliphatic rings. The number of ether oxygens (including phenoxy) is 4. The maximum Gasteiger partial charge on any atom is 0.490 e. The van der Waals surface area contributed by atoms with Crippen LogP contribution in [0.2, 0.25) is 0 Å². The lowest BCUT2D eigenvalue weighted by Gasteiger charge is -2.38. The van der Waals surface area contributed by atoms with Gasteiger partial charge in [0.15, 0.2) is 6.10 Å². The average Bonchev–Trinajstić information content (AvgIpc) is 2.92. The van der Waals surface area contributed by atoms with Crippen LogP contribution in [0, 0.1) is 0 Å². The van der Waals surface area contributed by atoms with Gasteiger partial charge in [-0.3, -0.25) is 0 Å². The quantitative estimate of drug-likeness (QED) is 0.230. The van der Waals surface area contributed by atoms with Crippen LogP contribution in [0.3, 0.4) is 0 Å². The van der Waals surface area contributed by atoms with E-state index in [1.807, 2.05) is 30.3 Å². The lowest BCUT2D eigenvalue weighted by molar-refractivity contribution is -0.217. The predicted molar refractivity (Wildman–Crippen MR) is 138 cm³/mol. The Labute approximate surface area is 225 Å². The van der Waals surface area contributed by atoms with Gasteiger partial charge in [-0.2, -0.15) is 13.2 Å². The normalized spacial score (nSPS) is 13.6. The second kappa shape index (κ2) is 13.7. The minimum absolute atomic E-state index is 0.0585. The highest BCUT2D eigenvalue weighted by molar-refractivity contribution is 5.83. The molecule has 0 aromatic heterocycles. The van der Waals surface area contributed by atoms with E-state index >= 15 is 0 Å². The first-order valence-corrected chi connectivity index (χ1v) is 12.6. The van der Waals surface area contributed by atoms with Crippen molar-refractivity contribution in [3.63, 3.8) is 0 Å². The molecular weight excluding hydrogens is 513 g/mol. The number of halogens is 3. The maximum atomic E-state index is 13.5. The van der Waals surface area contributed by atoms with E-state index in [0.717, 1.165) is 5.56 Å². The molecule has 0 aliphatic carbocycles. The van der Waals surface area contributed by atoms with Crippen molar-refractivity contribution in [1.82, 2.24) is 0 Å². The Balaban J connectivity index is 1.98. The number of alkyl halides is 3. The Morgan fingerprint density at radius 2 is 1.38 bits per heavy atom. The number of carbonyl (C=O) groups is 2. The highest BCUT2D eigenvalue weighted by atomic mass is 19.4. The van der Waals surface area contributed by atoms with Crippen LogP contribution in [-0.2, 0) is 32.1 Å². The summed E-state index contributed by atoms with van der Waals surface area (Å²) in [5.74, 6) is -2.58. The molecule has 0 N–H and O–H groups in total. The summed E-state index contributed by atoms with van der Waals surface area (Å²) in [5.41, 5.74) is -0.580. The highest BCUT2D eigenvalue weighted by Gasteiger charge is 2.54. The van der Waals surface area contributed by atoms with Crippen molar-refractivity contribution in [3.05, 3.63) is 96.1 Å². The molecule has 0 spiro atoms. The van der Waals surface area contributed by atoms with Gasteiger partial charge in [0.05, 0.1) is 6.61 Å². The second-order valence-electron chi connectivity index (χ2n) is 8.80. The molecule has 0 radical (unpaired) electrons. The van der Waals surface area contributed by atoms with Gasteiger partial charge in [-0.1, -0.05) is 74.0 Å². The van der Waals surface area contributed by atoms with Crippen molar-refractivity contribution in [3.8, 4) is 11.5 Å². The van der Waals surface area contributed by atoms with Crippen molar-refractivity contribution in [2.24, 2.45) is 0 Å². The summed E-state index contributed by atoms with van der Waals surface area (Å²) in [7, 11) is 0. The molecule has 0 aliphatic heterocycles. The van der Waals surface area contributed by atoms with E-state index in [0.29, 0.717) is 24.3 Å². The molecule has 2 unspecified atom stereocenters. The number of hydrogen-bond donors (Lipinski definition) is 0. The topological polar surface area (TPSA) is 71.1 Å². The molecule has 0 saturated heterocycles. The van der Waals surface area contributed by atoms with Crippen LogP contribution in [0.15, 0.2) is 84.9 Å². The van der Waals surface area contributed by atoms with Crippen molar-refractivity contribution in [2.45, 2.75) is 57.6 Å². The van der Waals surface area contributed by atoms with Crippen molar-refractivity contribution < 1.29 is 41.7 Å². The Kier molecular flexibility index (Phi) is 10.4. The van der Waals surface area contributed by atoms with Crippen LogP contribution in [0.1, 0.15) is 37.8 Å². The number of benzene rings is 3. The van der Waals surface area contributed by atoms with Gasteiger partial charge in [0.2, 0.25) is 5.60 Å². The van der Waals surface area contributed by atoms with E-state index in [2.05, 4.69) is 0 Å². The molecular formula is C30H31F3O6. The minimum atomic E-state index is -5.25. The third-order valence-electron chi connectivity index (χ3n) is 5.85. The molecule has 3 aromatic carbocycles. The molecule has 3 rings (SSSR count). The fourth-order valence-corrected chi connectivity index (χ4v) is 4.01. The largest absolute Gasteiger partial charge is 0.490 e. The molecule has 0 bridgehead atoms. The summed E-state index contributed by atoms with van der Waals surface area (Å²) in [6, 6.07) is 24.5. The van der Waals surface area contributed by atoms with Gasteiger partial charge in [-0.25, -0.2) is 9.59 Å². The summed E-state index contributed by atoms with van der Waals surface area (Å²) in [4.78, 5) is 25.4. The lowest BCUT2D eigenvalue weighted by atomic mass is 9.85. The molecule has 0 heterocycles. The van der Waals surface area contributed by atoms with Crippen molar-refractivity contribution >= 4 is 11.9 Å². The van der Waals surface area contributed by atoms with Crippen molar-refractivity contribution in [2.75, 3.05) is 6.61 Å². The Hall–Kier alpha value is -4.01. The van der Waals surface area contributed by atoms with E-state index in [9.17, 15) is 22.8 Å². The van der Waals surface area contributed by atoms with E-state index in [4.69, 9.17) is 18.9 Å². The fraction of sp³-hybridized carbons (Fsp3) is 0.333. The van der Waals surface area contributed by atoms with E-state index in [1.54, 1.807) is 68.4 Å². The first-order valence-electron chi connectivity index (χ1n) is 12.6. The highest BCUT2D eigenvalue weighted by Crippen LogP contribution is 2.33. The van der Waals surface area contributed by atoms with E-state index in [-0.39, 0.29) is 25.2 Å². The molecule has 6 nitrogen and oxygen atoms in total. The Bertz CT molecular complexity index is 1180. The second-order valence-corrected chi connectivity index (χ2v) is 8.80. The molecule has 3 aromatic rings. The summed E-state index contributed by atoms with van der Waals surface area (Å²) >= 11 is 0. The predicted octanol–water partition coefficient (Wildman–Crippen LogP) is 6.46. The van der Waals surface area contributed by atoms with Crippen LogP contribution < -0.4 is 9.47 Å². The number of esters is 2. The van der Waals surface area contributed by atoms with E-state index < -0.39 is 29.8 Å². The van der Waals surface area contributed by atoms with Crippen molar-refractivity contribution in [1.29, 1.82) is 0 Å². The van der Waals surface area contributed by atoms with Gasteiger partial charge in [0.1, 0.15) is 18.1 Å². The number of carbonyl (C=O) groups excluding carboxylic acids is 2. The fourth-order valence-electron chi connectivity index (χ4n) is 4.01. The van der Waals surface area contributed by atoms with Gasteiger partial charge < -0.3 is 18.9 Å². The van der Waals surface area contributed by atoms with E-state index in [1.165, 1.54) is 0 Å². The number of para-hydroxylation sites is 1. The summed E-state index contributed by atoms with van der Waals surface area (Å²) in [6.45, 7) is 3.55.